The van der Waals surface area contributed by atoms with Crippen molar-refractivity contribution in [1.82, 2.24) is 9.80 Å². The summed E-state index contributed by atoms with van der Waals surface area (Å²) in [4.78, 5) is 17.5. The van der Waals surface area contributed by atoms with Crippen LogP contribution in [0, 0.1) is 5.92 Å². The Hall–Kier alpha value is -0.0300. The van der Waals surface area contributed by atoms with E-state index in [0.717, 1.165) is 45.2 Å². The first-order valence-electron chi connectivity index (χ1n) is 9.48. The Bertz CT molecular complexity index is 380. The maximum atomic E-state index is 12.8. The molecule has 3 rings (SSSR count). The van der Waals surface area contributed by atoms with Crippen LogP contribution in [-0.4, -0.2) is 54.0 Å². The van der Waals surface area contributed by atoms with Crippen molar-refractivity contribution < 1.29 is 4.79 Å². The van der Waals surface area contributed by atoms with E-state index in [2.05, 4.69) is 9.80 Å². The summed E-state index contributed by atoms with van der Waals surface area (Å²) < 4.78 is 0. The second-order valence-corrected chi connectivity index (χ2v) is 7.84. The zero-order valence-corrected chi connectivity index (χ0v) is 16.5. The Morgan fingerprint density at radius 3 is 2.17 bits per heavy atom. The van der Waals surface area contributed by atoms with Crippen molar-refractivity contribution in [2.24, 2.45) is 11.7 Å². The van der Waals surface area contributed by atoms with Crippen LogP contribution in [0.15, 0.2) is 0 Å². The van der Waals surface area contributed by atoms with Crippen molar-refractivity contribution in [3.05, 3.63) is 0 Å². The molecule has 1 saturated carbocycles. The van der Waals surface area contributed by atoms with Gasteiger partial charge in [0, 0.05) is 19.6 Å². The summed E-state index contributed by atoms with van der Waals surface area (Å²) in [5.74, 6) is 0.895. The standard InChI is InChI=1S/C18H33N3O.2ClH/c19-18(9-3-4-10-18)17(22)21-13-7-8-16(15-21)14-20-11-5-1-2-6-12-20;;/h16H,1-15,19H2;2*1H. The number of carbonyl (C=O) groups is 1. The van der Waals surface area contributed by atoms with Crippen molar-refractivity contribution in [1.29, 1.82) is 0 Å². The molecule has 0 spiro atoms. The number of nitrogens with zero attached hydrogens (tertiary/aromatic N) is 2. The normalized spacial score (nSPS) is 27.7. The van der Waals surface area contributed by atoms with Gasteiger partial charge in [-0.3, -0.25) is 4.79 Å². The number of halogens is 2. The van der Waals surface area contributed by atoms with Gasteiger partial charge in [-0.2, -0.15) is 0 Å². The van der Waals surface area contributed by atoms with Crippen LogP contribution >= 0.6 is 24.8 Å². The predicted octanol–water partition coefficient (Wildman–Crippen LogP) is 3.22. The van der Waals surface area contributed by atoms with Crippen LogP contribution in [0.4, 0.5) is 0 Å². The van der Waals surface area contributed by atoms with Crippen LogP contribution in [0.25, 0.3) is 0 Å². The van der Waals surface area contributed by atoms with Crippen molar-refractivity contribution in [2.45, 2.75) is 69.7 Å². The minimum atomic E-state index is -0.537. The molecule has 1 aliphatic carbocycles. The molecule has 2 heterocycles. The Morgan fingerprint density at radius 2 is 1.54 bits per heavy atom. The number of rotatable bonds is 3. The van der Waals surface area contributed by atoms with Gasteiger partial charge in [-0.1, -0.05) is 25.7 Å². The van der Waals surface area contributed by atoms with Gasteiger partial charge < -0.3 is 15.5 Å². The molecular formula is C18H35Cl2N3O. The fourth-order valence-electron chi connectivity index (χ4n) is 4.62. The number of likely N-dealkylation sites (tertiary alicyclic amines) is 2. The average molecular weight is 380 g/mol. The fourth-order valence-corrected chi connectivity index (χ4v) is 4.62. The Kier molecular flexibility index (Phi) is 9.35. The van der Waals surface area contributed by atoms with Crippen molar-refractivity contribution in [3.63, 3.8) is 0 Å². The van der Waals surface area contributed by atoms with E-state index in [1.165, 1.54) is 51.7 Å². The molecule has 0 bridgehead atoms. The third-order valence-electron chi connectivity index (χ3n) is 5.94. The second kappa shape index (κ2) is 10.2. The molecule has 2 aliphatic heterocycles. The lowest BCUT2D eigenvalue weighted by atomic mass is 9.92. The van der Waals surface area contributed by atoms with E-state index < -0.39 is 5.54 Å². The highest BCUT2D eigenvalue weighted by atomic mass is 35.5. The topological polar surface area (TPSA) is 49.6 Å². The van der Waals surface area contributed by atoms with Crippen molar-refractivity contribution in [3.8, 4) is 0 Å². The third-order valence-corrected chi connectivity index (χ3v) is 5.94. The molecule has 0 radical (unpaired) electrons. The third kappa shape index (κ3) is 5.48. The zero-order valence-electron chi connectivity index (χ0n) is 14.9. The molecule has 3 aliphatic rings. The van der Waals surface area contributed by atoms with Gasteiger partial charge in [-0.15, -0.1) is 24.8 Å². The molecule has 0 aromatic heterocycles. The average Bonchev–Trinajstić information content (AvgIpc) is 2.82. The van der Waals surface area contributed by atoms with E-state index in [-0.39, 0.29) is 30.7 Å². The lowest BCUT2D eigenvalue weighted by Gasteiger charge is -2.39. The summed E-state index contributed by atoms with van der Waals surface area (Å²) in [6.07, 6.45) is 11.9. The summed E-state index contributed by atoms with van der Waals surface area (Å²) in [7, 11) is 0. The van der Waals surface area contributed by atoms with Crippen molar-refractivity contribution in [2.75, 3.05) is 32.7 Å². The SMILES string of the molecule is Cl.Cl.NC1(C(=O)N2CCCC(CN3CCCCCC3)C2)CCCC1. The minimum absolute atomic E-state index is 0. The van der Waals surface area contributed by atoms with E-state index in [9.17, 15) is 4.79 Å². The van der Waals surface area contributed by atoms with Crippen LogP contribution in [0.3, 0.4) is 0 Å². The molecule has 6 heteroatoms. The van der Waals surface area contributed by atoms with Crippen molar-refractivity contribution >= 4 is 30.7 Å². The van der Waals surface area contributed by atoms with Crippen LogP contribution in [0.2, 0.25) is 0 Å². The molecule has 142 valence electrons. The quantitative estimate of drug-likeness (QED) is 0.818. The lowest BCUT2D eigenvalue weighted by Crippen LogP contribution is -2.56. The number of hydrogen-bond acceptors (Lipinski definition) is 3. The van der Waals surface area contributed by atoms with Crippen LogP contribution in [-0.2, 0) is 4.79 Å². The first-order valence-corrected chi connectivity index (χ1v) is 9.48. The zero-order chi connectivity index (χ0) is 15.4. The fraction of sp³-hybridized carbons (Fsp3) is 0.944. The highest BCUT2D eigenvalue weighted by molar-refractivity contribution is 5.86. The summed E-state index contributed by atoms with van der Waals surface area (Å²) in [6, 6.07) is 0. The smallest absolute Gasteiger partial charge is 0.242 e. The number of amides is 1. The van der Waals surface area contributed by atoms with E-state index in [0.29, 0.717) is 5.92 Å². The molecule has 4 nitrogen and oxygen atoms in total. The van der Waals surface area contributed by atoms with Gasteiger partial charge in [0.1, 0.15) is 0 Å². The Morgan fingerprint density at radius 1 is 0.917 bits per heavy atom. The van der Waals surface area contributed by atoms with Gasteiger partial charge in [-0.25, -0.2) is 0 Å². The maximum Gasteiger partial charge on any atom is 0.242 e. The molecule has 2 N–H and O–H groups in total. The van der Waals surface area contributed by atoms with Gasteiger partial charge >= 0.3 is 0 Å². The van der Waals surface area contributed by atoms with E-state index in [4.69, 9.17) is 5.73 Å². The Balaban J connectivity index is 0.00000144. The first kappa shape index (κ1) is 22.0. The lowest BCUT2D eigenvalue weighted by molar-refractivity contribution is -0.138. The van der Waals surface area contributed by atoms with Crippen LogP contribution < -0.4 is 5.73 Å². The summed E-state index contributed by atoms with van der Waals surface area (Å²) in [6.45, 7) is 5.56. The molecule has 1 amide bonds. The monoisotopic (exact) mass is 379 g/mol. The Labute approximate surface area is 159 Å². The van der Waals surface area contributed by atoms with Gasteiger partial charge in [0.25, 0.3) is 0 Å². The summed E-state index contributed by atoms with van der Waals surface area (Å²) in [5.41, 5.74) is 5.84. The van der Waals surface area contributed by atoms with Gasteiger partial charge in [0.05, 0.1) is 5.54 Å². The molecule has 1 atom stereocenters. The van der Waals surface area contributed by atoms with E-state index in [1.54, 1.807) is 0 Å². The van der Waals surface area contributed by atoms with E-state index in [1.807, 2.05) is 0 Å². The van der Waals surface area contributed by atoms with Crippen LogP contribution in [0.1, 0.15) is 64.2 Å². The van der Waals surface area contributed by atoms with E-state index >= 15 is 0 Å². The molecule has 0 aromatic carbocycles. The highest BCUT2D eigenvalue weighted by Crippen LogP contribution is 2.30. The predicted molar refractivity (Wildman–Crippen MR) is 104 cm³/mol. The largest absolute Gasteiger partial charge is 0.341 e. The number of carbonyl (C=O) groups excluding carboxylic acids is 1. The molecule has 0 aromatic rings. The summed E-state index contributed by atoms with van der Waals surface area (Å²) >= 11 is 0. The van der Waals surface area contributed by atoms with Crippen LogP contribution in [0.5, 0.6) is 0 Å². The molecule has 24 heavy (non-hydrogen) atoms. The number of nitrogens with two attached hydrogens (primary N) is 1. The summed E-state index contributed by atoms with van der Waals surface area (Å²) in [5, 5.41) is 0. The van der Waals surface area contributed by atoms with Gasteiger partial charge in [0.15, 0.2) is 0 Å². The maximum absolute atomic E-state index is 12.8. The molecule has 1 unspecified atom stereocenters. The number of hydrogen-bond donors (Lipinski definition) is 1. The second-order valence-electron chi connectivity index (χ2n) is 7.84. The van der Waals surface area contributed by atoms with Gasteiger partial charge in [0.2, 0.25) is 5.91 Å². The molecule has 2 saturated heterocycles. The minimum Gasteiger partial charge on any atom is -0.341 e. The highest BCUT2D eigenvalue weighted by Gasteiger charge is 2.41. The number of piperidine rings is 1. The molecular weight excluding hydrogens is 345 g/mol. The molecule has 3 fully saturated rings. The van der Waals surface area contributed by atoms with Gasteiger partial charge in [-0.05, 0) is 57.5 Å². The first-order chi connectivity index (χ1) is 10.7.